The maximum absolute atomic E-state index is 13.5. The molecule has 5 nitrogen and oxygen atoms in total. The number of anilines is 1. The van der Waals surface area contributed by atoms with Gasteiger partial charge in [0, 0.05) is 44.4 Å². The fraction of sp³-hybridized carbons (Fsp3) is 0.333. The molecule has 0 bridgehead atoms. The van der Waals surface area contributed by atoms with E-state index in [4.69, 9.17) is 6.42 Å². The lowest BCUT2D eigenvalue weighted by Gasteiger charge is -2.35. The van der Waals surface area contributed by atoms with E-state index in [1.165, 1.54) is 0 Å². The number of carbonyl (C=O) groups excluding carboxylic acids is 2. The van der Waals surface area contributed by atoms with Crippen molar-refractivity contribution in [3.63, 3.8) is 0 Å². The van der Waals surface area contributed by atoms with E-state index < -0.39 is 0 Å². The minimum Gasteiger partial charge on any atom is -0.331 e. The Balaban J connectivity index is 1.80. The Bertz CT molecular complexity index is 894. The highest BCUT2D eigenvalue weighted by Crippen LogP contribution is 2.26. The van der Waals surface area contributed by atoms with Crippen LogP contribution in [0.25, 0.3) is 0 Å². The quantitative estimate of drug-likeness (QED) is 0.750. The zero-order valence-electron chi connectivity index (χ0n) is 17.0. The van der Waals surface area contributed by atoms with Crippen LogP contribution in [-0.4, -0.2) is 48.9 Å². The lowest BCUT2D eigenvalue weighted by Crippen LogP contribution is -2.47. The van der Waals surface area contributed by atoms with Crippen molar-refractivity contribution in [1.29, 1.82) is 0 Å². The van der Waals surface area contributed by atoms with Gasteiger partial charge in [-0.3, -0.25) is 4.79 Å². The molecule has 2 aromatic rings. The second kappa shape index (κ2) is 9.29. The molecule has 2 aromatic carbocycles. The number of carbonyl (C=O) groups is 2. The second-order valence-corrected chi connectivity index (χ2v) is 7.54. The molecule has 0 spiro atoms. The summed E-state index contributed by atoms with van der Waals surface area (Å²) in [5, 5.41) is 0. The van der Waals surface area contributed by atoms with Gasteiger partial charge in [0.1, 0.15) is 0 Å². The van der Waals surface area contributed by atoms with Crippen LogP contribution in [0.5, 0.6) is 0 Å². The fourth-order valence-corrected chi connectivity index (χ4v) is 3.65. The minimum absolute atomic E-state index is 0.00115. The smallest absolute Gasteiger partial charge is 0.319 e. The molecule has 1 aliphatic heterocycles. The Morgan fingerprint density at radius 3 is 2.38 bits per heavy atom. The van der Waals surface area contributed by atoms with Crippen LogP contribution in [0.3, 0.4) is 0 Å². The van der Waals surface area contributed by atoms with E-state index in [9.17, 15) is 9.59 Å². The fourth-order valence-electron chi connectivity index (χ4n) is 3.65. The van der Waals surface area contributed by atoms with Crippen LogP contribution in [0.4, 0.5) is 10.5 Å². The van der Waals surface area contributed by atoms with Crippen LogP contribution in [0.2, 0.25) is 0 Å². The Kier molecular flexibility index (Phi) is 6.56. The van der Waals surface area contributed by atoms with Gasteiger partial charge in [0.25, 0.3) is 0 Å². The number of hydrogen-bond donors (Lipinski definition) is 0. The normalized spacial score (nSPS) is 14.2. The van der Waals surface area contributed by atoms with Crippen molar-refractivity contribution >= 4 is 17.6 Å². The predicted octanol–water partition coefficient (Wildman–Crippen LogP) is 3.59. The standard InChI is InChI=1S/C24H27N3O2/c1-4-19-11-8-12-22(17-19)27(18-20-9-6-5-7-10-20)23(28)21-13-15-26(16-14-21)24(29)25(2)3/h1,5-12,17,21H,13-16,18H2,2-3H3. The number of likely N-dealkylation sites (tertiary alicyclic amines) is 1. The predicted molar refractivity (Wildman–Crippen MR) is 115 cm³/mol. The number of terminal acetylenes is 1. The summed E-state index contributed by atoms with van der Waals surface area (Å²) in [7, 11) is 3.50. The molecule has 3 amide bonds. The highest BCUT2D eigenvalue weighted by atomic mass is 16.2. The van der Waals surface area contributed by atoms with Gasteiger partial charge in [0.05, 0.1) is 6.54 Å². The first-order valence-electron chi connectivity index (χ1n) is 9.88. The molecule has 1 heterocycles. The largest absolute Gasteiger partial charge is 0.331 e. The number of piperidine rings is 1. The summed E-state index contributed by atoms with van der Waals surface area (Å²) < 4.78 is 0. The van der Waals surface area contributed by atoms with Crippen LogP contribution in [0.15, 0.2) is 54.6 Å². The lowest BCUT2D eigenvalue weighted by atomic mass is 9.94. The Morgan fingerprint density at radius 1 is 1.07 bits per heavy atom. The average Bonchev–Trinajstić information content (AvgIpc) is 2.77. The van der Waals surface area contributed by atoms with Crippen molar-refractivity contribution in [3.8, 4) is 12.3 Å². The van der Waals surface area contributed by atoms with Gasteiger partial charge < -0.3 is 14.7 Å². The van der Waals surface area contributed by atoms with E-state index in [-0.39, 0.29) is 17.9 Å². The molecule has 0 saturated carbocycles. The molecule has 150 valence electrons. The van der Waals surface area contributed by atoms with E-state index in [1.54, 1.807) is 19.0 Å². The molecular weight excluding hydrogens is 362 g/mol. The number of hydrogen-bond acceptors (Lipinski definition) is 2. The SMILES string of the molecule is C#Cc1cccc(N(Cc2ccccc2)C(=O)C2CCN(C(=O)N(C)C)CC2)c1. The van der Waals surface area contributed by atoms with Crippen molar-refractivity contribution in [2.75, 3.05) is 32.1 Å². The topological polar surface area (TPSA) is 43.9 Å². The van der Waals surface area contributed by atoms with Gasteiger partial charge >= 0.3 is 6.03 Å². The molecular formula is C24H27N3O2. The van der Waals surface area contributed by atoms with Crippen molar-refractivity contribution in [1.82, 2.24) is 9.80 Å². The van der Waals surface area contributed by atoms with Gasteiger partial charge in [-0.1, -0.05) is 42.3 Å². The molecule has 29 heavy (non-hydrogen) atoms. The second-order valence-electron chi connectivity index (χ2n) is 7.54. The van der Waals surface area contributed by atoms with Gasteiger partial charge in [-0.25, -0.2) is 4.79 Å². The molecule has 1 fully saturated rings. The number of amides is 3. The summed E-state index contributed by atoms with van der Waals surface area (Å²) in [5.74, 6) is 2.62. The lowest BCUT2D eigenvalue weighted by molar-refractivity contribution is -0.123. The van der Waals surface area contributed by atoms with Gasteiger partial charge in [-0.15, -0.1) is 6.42 Å². The number of benzene rings is 2. The van der Waals surface area contributed by atoms with Gasteiger partial charge in [0.2, 0.25) is 5.91 Å². The molecule has 0 atom stereocenters. The molecule has 3 rings (SSSR count). The summed E-state index contributed by atoms with van der Waals surface area (Å²) in [6.45, 7) is 1.68. The monoisotopic (exact) mass is 389 g/mol. The third-order valence-corrected chi connectivity index (χ3v) is 5.27. The van der Waals surface area contributed by atoms with Crippen LogP contribution in [-0.2, 0) is 11.3 Å². The van der Waals surface area contributed by atoms with Gasteiger partial charge in [-0.2, -0.15) is 0 Å². The Morgan fingerprint density at radius 2 is 1.76 bits per heavy atom. The first kappa shape index (κ1) is 20.5. The van der Waals surface area contributed by atoms with Gasteiger partial charge in [0.15, 0.2) is 0 Å². The molecule has 0 aliphatic carbocycles. The summed E-state index contributed by atoms with van der Waals surface area (Å²) in [5.41, 5.74) is 2.62. The summed E-state index contributed by atoms with van der Waals surface area (Å²) in [4.78, 5) is 30.9. The molecule has 0 N–H and O–H groups in total. The van der Waals surface area contributed by atoms with Crippen LogP contribution in [0.1, 0.15) is 24.0 Å². The highest BCUT2D eigenvalue weighted by molar-refractivity contribution is 5.95. The van der Waals surface area contributed by atoms with Crippen LogP contribution < -0.4 is 4.90 Å². The molecule has 1 aliphatic rings. The average molecular weight is 389 g/mol. The van der Waals surface area contributed by atoms with Crippen LogP contribution >= 0.6 is 0 Å². The summed E-state index contributed by atoms with van der Waals surface area (Å²) in [6.07, 6.45) is 6.89. The third kappa shape index (κ3) is 4.97. The van der Waals surface area contributed by atoms with Crippen LogP contribution in [0, 0.1) is 18.3 Å². The summed E-state index contributed by atoms with van der Waals surface area (Å²) >= 11 is 0. The van der Waals surface area contributed by atoms with E-state index in [1.807, 2.05) is 64.4 Å². The highest BCUT2D eigenvalue weighted by Gasteiger charge is 2.31. The zero-order valence-corrected chi connectivity index (χ0v) is 17.0. The van der Waals surface area contributed by atoms with E-state index in [0.29, 0.717) is 32.5 Å². The molecule has 5 heteroatoms. The molecule has 0 unspecified atom stereocenters. The van der Waals surface area contributed by atoms with Crippen molar-refractivity contribution in [2.45, 2.75) is 19.4 Å². The minimum atomic E-state index is -0.112. The van der Waals surface area contributed by atoms with Crippen molar-refractivity contribution < 1.29 is 9.59 Å². The molecule has 0 radical (unpaired) electrons. The Labute approximate surface area is 172 Å². The van der Waals surface area contributed by atoms with E-state index >= 15 is 0 Å². The Hall–Kier alpha value is -3.26. The van der Waals surface area contributed by atoms with E-state index in [0.717, 1.165) is 16.8 Å². The summed E-state index contributed by atoms with van der Waals surface area (Å²) in [6, 6.07) is 17.5. The molecule has 0 aromatic heterocycles. The first-order valence-corrected chi connectivity index (χ1v) is 9.88. The number of rotatable bonds is 4. The van der Waals surface area contributed by atoms with Crippen molar-refractivity contribution in [2.24, 2.45) is 5.92 Å². The number of urea groups is 1. The zero-order chi connectivity index (χ0) is 20.8. The molecule has 1 saturated heterocycles. The maximum atomic E-state index is 13.5. The van der Waals surface area contributed by atoms with Crippen molar-refractivity contribution in [3.05, 3.63) is 65.7 Å². The maximum Gasteiger partial charge on any atom is 0.319 e. The third-order valence-electron chi connectivity index (χ3n) is 5.27. The van der Waals surface area contributed by atoms with E-state index in [2.05, 4.69) is 5.92 Å². The van der Waals surface area contributed by atoms with Gasteiger partial charge in [-0.05, 0) is 36.6 Å². The first-order chi connectivity index (χ1) is 14.0. The number of nitrogens with zero attached hydrogens (tertiary/aromatic N) is 3.